The normalized spacial score (nSPS) is 19.9. The minimum atomic E-state index is -0.308. The van der Waals surface area contributed by atoms with Crippen molar-refractivity contribution in [2.45, 2.75) is 26.0 Å². The Morgan fingerprint density at radius 3 is 2.76 bits per heavy atom. The Morgan fingerprint density at radius 2 is 2.07 bits per heavy atom. The van der Waals surface area contributed by atoms with Crippen molar-refractivity contribution in [2.24, 2.45) is 5.92 Å². The van der Waals surface area contributed by atoms with E-state index in [1.807, 2.05) is 33.0 Å². The molecule has 0 radical (unpaired) electrons. The van der Waals surface area contributed by atoms with Crippen LogP contribution in [0.5, 0.6) is 5.88 Å². The molecule has 0 aliphatic carbocycles. The molecule has 7 nitrogen and oxygen atoms in total. The summed E-state index contributed by atoms with van der Waals surface area (Å²) in [6.07, 6.45) is 4.82. The van der Waals surface area contributed by atoms with Crippen molar-refractivity contribution >= 4 is 5.91 Å². The highest BCUT2D eigenvalue weighted by molar-refractivity contribution is 5.97. The summed E-state index contributed by atoms with van der Waals surface area (Å²) in [4.78, 5) is 23.3. The van der Waals surface area contributed by atoms with Crippen LogP contribution in [0, 0.1) is 17.8 Å². The van der Waals surface area contributed by atoms with Crippen molar-refractivity contribution in [3.63, 3.8) is 0 Å². The first kappa shape index (κ1) is 20.8. The molecule has 0 aromatic carbocycles. The van der Waals surface area contributed by atoms with E-state index in [1.165, 1.54) is 0 Å². The summed E-state index contributed by atoms with van der Waals surface area (Å²) in [5.41, 5.74) is 1.81. The van der Waals surface area contributed by atoms with Gasteiger partial charge in [-0.05, 0) is 32.2 Å². The molecule has 152 valence electrons. The summed E-state index contributed by atoms with van der Waals surface area (Å²) in [7, 11) is 1.86. The fourth-order valence-electron chi connectivity index (χ4n) is 3.19. The number of fused-ring (bicyclic) bond motifs is 1. The molecule has 1 amide bonds. The second-order valence-corrected chi connectivity index (χ2v) is 7.24. The minimum Gasteiger partial charge on any atom is -0.472 e. The lowest BCUT2D eigenvalue weighted by Gasteiger charge is -2.36. The number of hydrogen-bond donors (Lipinski definition) is 2. The number of carbonyl (C=O) groups excluding carboxylic acids is 1. The van der Waals surface area contributed by atoms with Crippen molar-refractivity contribution in [3.8, 4) is 17.7 Å². The Morgan fingerprint density at radius 1 is 1.34 bits per heavy atom. The zero-order valence-electron chi connectivity index (χ0n) is 16.9. The summed E-state index contributed by atoms with van der Waals surface area (Å²) >= 11 is 0. The van der Waals surface area contributed by atoms with Crippen LogP contribution in [0.25, 0.3) is 0 Å². The molecule has 0 saturated heterocycles. The largest absolute Gasteiger partial charge is 0.472 e. The Hall–Kier alpha value is -2.95. The maximum atomic E-state index is 13.2. The fourth-order valence-corrected chi connectivity index (χ4v) is 3.19. The average Bonchev–Trinajstić information content (AvgIpc) is 2.75. The lowest BCUT2D eigenvalue weighted by molar-refractivity contribution is 0.0404. The number of pyridine rings is 2. The van der Waals surface area contributed by atoms with Crippen LogP contribution in [0.2, 0.25) is 0 Å². The molecule has 3 rings (SSSR count). The van der Waals surface area contributed by atoms with Crippen LogP contribution in [0.15, 0.2) is 36.8 Å². The van der Waals surface area contributed by atoms with E-state index in [9.17, 15) is 9.90 Å². The van der Waals surface area contributed by atoms with Crippen LogP contribution in [0.1, 0.15) is 35.3 Å². The molecule has 0 spiro atoms. The average molecular weight is 394 g/mol. The minimum absolute atomic E-state index is 0.0708. The Labute approximate surface area is 171 Å². The molecule has 0 unspecified atom stereocenters. The summed E-state index contributed by atoms with van der Waals surface area (Å²) in [6, 6.07) is 5.04. The van der Waals surface area contributed by atoms with Gasteiger partial charge in [-0.2, -0.15) is 0 Å². The second kappa shape index (κ2) is 9.50. The Bertz CT molecular complexity index is 907. The quantitative estimate of drug-likeness (QED) is 0.761. The van der Waals surface area contributed by atoms with Crippen LogP contribution in [0.3, 0.4) is 0 Å². The van der Waals surface area contributed by atoms with Crippen LogP contribution >= 0.6 is 0 Å². The summed E-state index contributed by atoms with van der Waals surface area (Å²) in [5.74, 6) is 6.25. The maximum Gasteiger partial charge on any atom is 0.259 e. The van der Waals surface area contributed by atoms with Gasteiger partial charge < -0.3 is 20.1 Å². The molecule has 3 heterocycles. The van der Waals surface area contributed by atoms with E-state index in [4.69, 9.17) is 4.74 Å². The van der Waals surface area contributed by atoms with Gasteiger partial charge in [0.05, 0.1) is 12.6 Å². The third-order valence-corrected chi connectivity index (χ3v) is 4.96. The molecule has 1 aliphatic heterocycles. The number of nitrogens with one attached hydrogen (secondary N) is 1. The van der Waals surface area contributed by atoms with E-state index in [0.29, 0.717) is 30.1 Å². The molecule has 2 N–H and O–H groups in total. The van der Waals surface area contributed by atoms with Crippen molar-refractivity contribution in [3.05, 3.63) is 53.5 Å². The predicted molar refractivity (Wildman–Crippen MR) is 110 cm³/mol. The topological polar surface area (TPSA) is 87.6 Å². The zero-order chi connectivity index (χ0) is 20.8. The smallest absolute Gasteiger partial charge is 0.259 e. The van der Waals surface area contributed by atoms with Gasteiger partial charge in [-0.25, -0.2) is 4.98 Å². The van der Waals surface area contributed by atoms with Crippen molar-refractivity contribution in [1.29, 1.82) is 0 Å². The Balaban J connectivity index is 2.00. The van der Waals surface area contributed by atoms with E-state index in [2.05, 4.69) is 27.1 Å². The molecular formula is C22H26N4O3. The van der Waals surface area contributed by atoms with Gasteiger partial charge in [-0.15, -0.1) is 0 Å². The van der Waals surface area contributed by atoms with Gasteiger partial charge in [-0.1, -0.05) is 18.8 Å². The van der Waals surface area contributed by atoms with Crippen molar-refractivity contribution in [2.75, 3.05) is 26.7 Å². The van der Waals surface area contributed by atoms with Gasteiger partial charge in [0.2, 0.25) is 5.88 Å². The second-order valence-electron chi connectivity index (χ2n) is 7.24. The van der Waals surface area contributed by atoms with Gasteiger partial charge in [0.15, 0.2) is 0 Å². The summed E-state index contributed by atoms with van der Waals surface area (Å²) in [5, 5.41) is 12.8. The number of aliphatic hydroxyl groups excluding tert-OH is 1. The fraction of sp³-hybridized carbons (Fsp3) is 0.409. The van der Waals surface area contributed by atoms with Crippen molar-refractivity contribution < 1.29 is 14.6 Å². The van der Waals surface area contributed by atoms with E-state index < -0.39 is 0 Å². The van der Waals surface area contributed by atoms with Crippen molar-refractivity contribution in [1.82, 2.24) is 20.2 Å². The predicted octanol–water partition coefficient (Wildman–Crippen LogP) is 1.32. The summed E-state index contributed by atoms with van der Waals surface area (Å²) in [6.45, 7) is 4.87. The molecule has 29 heavy (non-hydrogen) atoms. The highest BCUT2D eigenvalue weighted by atomic mass is 16.5. The van der Waals surface area contributed by atoms with Gasteiger partial charge in [0, 0.05) is 48.7 Å². The highest BCUT2D eigenvalue weighted by Crippen LogP contribution is 2.26. The first-order chi connectivity index (χ1) is 14.0. The molecule has 1 aliphatic rings. The molecule has 0 bridgehead atoms. The molecule has 2 aromatic heterocycles. The van der Waals surface area contributed by atoms with E-state index >= 15 is 0 Å². The van der Waals surface area contributed by atoms with Crippen LogP contribution < -0.4 is 10.1 Å². The molecule has 0 saturated carbocycles. The lowest BCUT2D eigenvalue weighted by Crippen LogP contribution is -2.49. The SMILES string of the molecule is CNC[C@@H]1Oc2ncc(C#Cc3ccncc3)cc2C(=O)N([C@H](C)CO)C[C@@H]1C. The van der Waals surface area contributed by atoms with Crippen LogP contribution in [0.4, 0.5) is 0 Å². The monoisotopic (exact) mass is 394 g/mol. The van der Waals surface area contributed by atoms with Crippen LogP contribution in [-0.2, 0) is 0 Å². The number of rotatable bonds is 4. The number of likely N-dealkylation sites (N-methyl/N-ethyl adjacent to an activating group) is 1. The first-order valence-corrected chi connectivity index (χ1v) is 9.68. The number of amides is 1. The number of aliphatic hydroxyl groups is 1. The molecule has 7 heteroatoms. The lowest BCUT2D eigenvalue weighted by atomic mass is 10.0. The number of nitrogens with zero attached hydrogens (tertiary/aromatic N) is 3. The third-order valence-electron chi connectivity index (χ3n) is 4.96. The van der Waals surface area contributed by atoms with E-state index in [0.717, 1.165) is 5.56 Å². The highest BCUT2D eigenvalue weighted by Gasteiger charge is 2.33. The van der Waals surface area contributed by atoms with Gasteiger partial charge in [0.25, 0.3) is 5.91 Å². The van der Waals surface area contributed by atoms with E-state index in [-0.39, 0.29) is 30.6 Å². The Kier molecular flexibility index (Phi) is 6.81. The third kappa shape index (κ3) is 4.91. The summed E-state index contributed by atoms with van der Waals surface area (Å²) < 4.78 is 6.10. The molecule has 2 aromatic rings. The van der Waals surface area contributed by atoms with E-state index in [1.54, 1.807) is 29.6 Å². The standard InChI is InChI=1S/C22H26N4O3/c1-15-13-26(16(2)14-27)22(28)19-10-18(5-4-17-6-8-24-9-7-17)11-25-21(19)29-20(15)12-23-3/h6-11,15-16,20,23,27H,12-14H2,1-3H3/t15-,16+,20-/m0/s1. The van der Waals surface area contributed by atoms with Gasteiger partial charge in [0.1, 0.15) is 11.7 Å². The number of aromatic nitrogens is 2. The van der Waals surface area contributed by atoms with Gasteiger partial charge in [-0.3, -0.25) is 9.78 Å². The maximum absolute atomic E-state index is 13.2. The molecule has 0 fully saturated rings. The first-order valence-electron chi connectivity index (χ1n) is 9.68. The number of ether oxygens (including phenoxy) is 1. The van der Waals surface area contributed by atoms with Gasteiger partial charge >= 0.3 is 0 Å². The number of hydrogen-bond acceptors (Lipinski definition) is 6. The zero-order valence-corrected chi connectivity index (χ0v) is 16.9. The molecule has 3 atom stereocenters. The number of carbonyl (C=O) groups is 1. The molecular weight excluding hydrogens is 368 g/mol. The van der Waals surface area contributed by atoms with Crippen LogP contribution in [-0.4, -0.2) is 64.8 Å².